The second-order valence-electron chi connectivity index (χ2n) is 7.93. The summed E-state index contributed by atoms with van der Waals surface area (Å²) in [6.07, 6.45) is 4.58. The minimum Gasteiger partial charge on any atom is -0.490 e. The number of amides is 1. The molecule has 0 spiro atoms. The maximum Gasteiger partial charge on any atom is 0.412 e. The number of epoxide rings is 1. The zero-order valence-electron chi connectivity index (χ0n) is 18.6. The molecule has 1 N–H and O–H groups in total. The summed E-state index contributed by atoms with van der Waals surface area (Å²) in [5, 5.41) is 4.52. The standard InChI is InChI=1S/C25H29NO7/c1-2-22(27)30-14-13-29-12-11-26-25(28)33-24-20-9-5-3-7-18(20)23(32-16-17-15-31-17)19-8-4-6-10-21(19)24/h2-3,5,7,9,17H,1,4,6,8,10-16H2,(H,26,28). The van der Waals surface area contributed by atoms with Crippen molar-refractivity contribution in [1.29, 1.82) is 0 Å². The third-order valence-electron chi connectivity index (χ3n) is 5.60. The Balaban J connectivity index is 1.41. The van der Waals surface area contributed by atoms with Crippen LogP contribution in [-0.4, -0.2) is 57.7 Å². The second-order valence-corrected chi connectivity index (χ2v) is 7.93. The van der Waals surface area contributed by atoms with E-state index in [0.717, 1.165) is 66.0 Å². The lowest BCUT2D eigenvalue weighted by atomic mass is 9.87. The van der Waals surface area contributed by atoms with E-state index in [9.17, 15) is 9.59 Å². The van der Waals surface area contributed by atoms with Crippen molar-refractivity contribution in [3.63, 3.8) is 0 Å². The van der Waals surface area contributed by atoms with Crippen LogP contribution in [0.3, 0.4) is 0 Å². The number of benzene rings is 2. The van der Waals surface area contributed by atoms with Crippen LogP contribution in [0.15, 0.2) is 36.9 Å². The van der Waals surface area contributed by atoms with Gasteiger partial charge in [-0.2, -0.15) is 0 Å². The van der Waals surface area contributed by atoms with E-state index in [4.69, 9.17) is 23.7 Å². The van der Waals surface area contributed by atoms with Gasteiger partial charge in [0.15, 0.2) is 0 Å². The van der Waals surface area contributed by atoms with Gasteiger partial charge >= 0.3 is 12.1 Å². The van der Waals surface area contributed by atoms with Crippen LogP contribution in [0.2, 0.25) is 0 Å². The Kier molecular flexibility index (Phi) is 7.80. The smallest absolute Gasteiger partial charge is 0.412 e. The molecule has 2 aromatic carbocycles. The maximum absolute atomic E-state index is 12.6. The summed E-state index contributed by atoms with van der Waals surface area (Å²) < 4.78 is 27.5. The second kappa shape index (κ2) is 11.2. The van der Waals surface area contributed by atoms with Gasteiger partial charge in [0.1, 0.15) is 30.8 Å². The lowest BCUT2D eigenvalue weighted by molar-refractivity contribution is -0.139. The minimum absolute atomic E-state index is 0.134. The van der Waals surface area contributed by atoms with Gasteiger partial charge in [0.2, 0.25) is 0 Å². The van der Waals surface area contributed by atoms with Crippen molar-refractivity contribution in [2.24, 2.45) is 0 Å². The largest absolute Gasteiger partial charge is 0.490 e. The molecule has 1 saturated heterocycles. The molecule has 176 valence electrons. The molecule has 2 aromatic rings. The molecule has 1 atom stereocenters. The van der Waals surface area contributed by atoms with Gasteiger partial charge in [-0.3, -0.25) is 0 Å². The highest BCUT2D eigenvalue weighted by atomic mass is 16.6. The van der Waals surface area contributed by atoms with Crippen molar-refractivity contribution >= 4 is 22.8 Å². The topological polar surface area (TPSA) is 95.6 Å². The third-order valence-corrected chi connectivity index (χ3v) is 5.60. The first kappa shape index (κ1) is 23.1. The molecule has 33 heavy (non-hydrogen) atoms. The van der Waals surface area contributed by atoms with Gasteiger partial charge in [0.25, 0.3) is 0 Å². The van der Waals surface area contributed by atoms with Gasteiger partial charge in [-0.1, -0.05) is 30.8 Å². The quantitative estimate of drug-likeness (QED) is 0.240. The molecule has 2 aliphatic rings. The van der Waals surface area contributed by atoms with Crippen LogP contribution in [0.5, 0.6) is 11.5 Å². The molecule has 0 radical (unpaired) electrons. The molecule has 8 heteroatoms. The maximum atomic E-state index is 12.6. The van der Waals surface area contributed by atoms with Crippen molar-refractivity contribution in [3.05, 3.63) is 48.0 Å². The van der Waals surface area contributed by atoms with E-state index in [2.05, 4.69) is 11.9 Å². The van der Waals surface area contributed by atoms with Gasteiger partial charge < -0.3 is 29.0 Å². The highest BCUT2D eigenvalue weighted by Crippen LogP contribution is 2.44. The van der Waals surface area contributed by atoms with Crippen LogP contribution in [0, 0.1) is 0 Å². The molecule has 8 nitrogen and oxygen atoms in total. The average Bonchev–Trinajstić information content (AvgIpc) is 3.67. The molecule has 1 unspecified atom stereocenters. The number of hydrogen-bond donors (Lipinski definition) is 1. The number of hydrogen-bond acceptors (Lipinski definition) is 7. The first-order valence-electron chi connectivity index (χ1n) is 11.3. The summed E-state index contributed by atoms with van der Waals surface area (Å²) in [5.74, 6) is 0.993. The SMILES string of the molecule is C=CC(=O)OCCOCCNC(=O)Oc1c2c(c(OCC3CO3)c3ccccc13)CCCC2. The number of carbonyl (C=O) groups excluding carboxylic acids is 2. The normalized spacial score (nSPS) is 16.5. The molecular formula is C25H29NO7. The number of carbonyl (C=O) groups is 2. The lowest BCUT2D eigenvalue weighted by Crippen LogP contribution is -2.31. The van der Waals surface area contributed by atoms with Crippen LogP contribution >= 0.6 is 0 Å². The molecule has 1 amide bonds. The van der Waals surface area contributed by atoms with E-state index in [-0.39, 0.29) is 32.5 Å². The first-order valence-corrected chi connectivity index (χ1v) is 11.3. The van der Waals surface area contributed by atoms with Crippen LogP contribution in [0.4, 0.5) is 4.79 Å². The van der Waals surface area contributed by atoms with E-state index in [1.165, 1.54) is 0 Å². The molecule has 1 fully saturated rings. The average molecular weight is 456 g/mol. The fourth-order valence-corrected chi connectivity index (χ4v) is 3.95. The Labute approximate surface area is 192 Å². The zero-order chi connectivity index (χ0) is 23.0. The molecule has 0 aromatic heterocycles. The number of nitrogens with one attached hydrogen (secondary N) is 1. The molecule has 0 saturated carbocycles. The molecule has 1 heterocycles. The van der Waals surface area contributed by atoms with Crippen molar-refractivity contribution in [2.75, 3.05) is 39.6 Å². The minimum atomic E-state index is -0.533. The van der Waals surface area contributed by atoms with Gasteiger partial charge in [-0.25, -0.2) is 9.59 Å². The lowest BCUT2D eigenvalue weighted by Gasteiger charge is -2.25. The van der Waals surface area contributed by atoms with E-state index < -0.39 is 12.1 Å². The Hall–Kier alpha value is -3.10. The fraction of sp³-hybridized carbons (Fsp3) is 0.440. The van der Waals surface area contributed by atoms with Crippen molar-refractivity contribution < 1.29 is 33.3 Å². The Morgan fingerprint density at radius 1 is 1.06 bits per heavy atom. The summed E-state index contributed by atoms with van der Waals surface area (Å²) in [6, 6.07) is 7.86. The highest BCUT2D eigenvalue weighted by Gasteiger charge is 2.28. The molecule has 0 bridgehead atoms. The van der Waals surface area contributed by atoms with Crippen LogP contribution in [-0.2, 0) is 31.8 Å². The van der Waals surface area contributed by atoms with Crippen LogP contribution in [0.25, 0.3) is 10.8 Å². The molecule has 4 rings (SSSR count). The Morgan fingerprint density at radius 2 is 1.76 bits per heavy atom. The Bertz CT molecular complexity index is 1020. The highest BCUT2D eigenvalue weighted by molar-refractivity contribution is 5.97. The van der Waals surface area contributed by atoms with Gasteiger partial charge in [-0.15, -0.1) is 0 Å². The third kappa shape index (κ3) is 6.03. The van der Waals surface area contributed by atoms with Crippen molar-refractivity contribution in [3.8, 4) is 11.5 Å². The molecule has 1 aliphatic carbocycles. The van der Waals surface area contributed by atoms with Crippen molar-refractivity contribution in [1.82, 2.24) is 5.32 Å². The van der Waals surface area contributed by atoms with Crippen LogP contribution < -0.4 is 14.8 Å². The summed E-state index contributed by atoms with van der Waals surface area (Å²) in [5.41, 5.74) is 2.17. The number of rotatable bonds is 11. The number of fused-ring (bicyclic) bond motifs is 2. The summed E-state index contributed by atoms with van der Waals surface area (Å²) in [4.78, 5) is 23.5. The Morgan fingerprint density at radius 3 is 2.45 bits per heavy atom. The number of esters is 1. The van der Waals surface area contributed by atoms with Gasteiger partial charge in [0.05, 0.1) is 19.8 Å². The molecular weight excluding hydrogens is 426 g/mol. The summed E-state index contributed by atoms with van der Waals surface area (Å²) >= 11 is 0. The van der Waals surface area contributed by atoms with Gasteiger partial charge in [0, 0.05) is 34.5 Å². The van der Waals surface area contributed by atoms with Crippen molar-refractivity contribution in [2.45, 2.75) is 31.8 Å². The van der Waals surface area contributed by atoms with E-state index in [1.807, 2.05) is 24.3 Å². The fourth-order valence-electron chi connectivity index (χ4n) is 3.95. The summed E-state index contributed by atoms with van der Waals surface area (Å²) in [7, 11) is 0. The van der Waals surface area contributed by atoms with Gasteiger partial charge in [-0.05, 0) is 25.7 Å². The zero-order valence-corrected chi connectivity index (χ0v) is 18.6. The first-order chi connectivity index (χ1) is 16.2. The predicted molar refractivity (Wildman–Crippen MR) is 122 cm³/mol. The van der Waals surface area contributed by atoms with E-state index in [1.54, 1.807) is 0 Å². The summed E-state index contributed by atoms with van der Waals surface area (Å²) in [6.45, 7) is 5.52. The van der Waals surface area contributed by atoms with Crippen LogP contribution in [0.1, 0.15) is 24.0 Å². The van der Waals surface area contributed by atoms with E-state index in [0.29, 0.717) is 12.4 Å². The predicted octanol–water partition coefficient (Wildman–Crippen LogP) is 3.33. The monoisotopic (exact) mass is 455 g/mol. The number of ether oxygens (including phenoxy) is 5. The van der Waals surface area contributed by atoms with E-state index >= 15 is 0 Å². The molecule has 1 aliphatic heterocycles.